The Balaban J connectivity index is 0.00000192. The molecule has 1 aliphatic rings. The topological polar surface area (TPSA) is 46.3 Å². The van der Waals surface area contributed by atoms with E-state index >= 15 is 0 Å². The molecule has 0 bridgehead atoms. The number of nitrogens with zero attached hydrogens (tertiary/aromatic N) is 1. The first-order chi connectivity index (χ1) is 10.7. The van der Waals surface area contributed by atoms with E-state index in [4.69, 9.17) is 5.73 Å². The Morgan fingerprint density at radius 3 is 2.39 bits per heavy atom. The van der Waals surface area contributed by atoms with Crippen molar-refractivity contribution < 1.29 is 4.79 Å². The van der Waals surface area contributed by atoms with Crippen LogP contribution in [0.2, 0.25) is 0 Å². The fraction of sp³-hybridized carbons (Fsp3) is 0.316. The molecule has 23 heavy (non-hydrogen) atoms. The first kappa shape index (κ1) is 17.5. The Morgan fingerprint density at radius 1 is 1.13 bits per heavy atom. The normalized spacial score (nSPS) is 20.2. The highest BCUT2D eigenvalue weighted by Gasteiger charge is 2.34. The van der Waals surface area contributed by atoms with E-state index in [2.05, 4.69) is 31.2 Å². The first-order valence-electron chi connectivity index (χ1n) is 7.85. The third-order valence-electron chi connectivity index (χ3n) is 4.68. The molecule has 2 unspecified atom stereocenters. The molecule has 0 spiro atoms. The molecule has 2 aromatic rings. The van der Waals surface area contributed by atoms with Gasteiger partial charge in [-0.25, -0.2) is 0 Å². The van der Waals surface area contributed by atoms with Crippen LogP contribution < -0.4 is 5.73 Å². The zero-order valence-electron chi connectivity index (χ0n) is 13.3. The lowest BCUT2D eigenvalue weighted by Gasteiger charge is -2.25. The SMILES string of the molecule is CC1C(c2ccccc2)CCN1C(=O)c1ccc(CN)cc1.Cl. The van der Waals surface area contributed by atoms with Gasteiger partial charge in [-0.15, -0.1) is 12.4 Å². The average molecular weight is 331 g/mol. The number of benzene rings is 2. The Bertz CT molecular complexity index is 642. The lowest BCUT2D eigenvalue weighted by Crippen LogP contribution is -2.35. The molecule has 1 saturated heterocycles. The van der Waals surface area contributed by atoms with Crippen LogP contribution in [0.3, 0.4) is 0 Å². The van der Waals surface area contributed by atoms with Crippen LogP contribution >= 0.6 is 12.4 Å². The highest BCUT2D eigenvalue weighted by atomic mass is 35.5. The number of rotatable bonds is 3. The Labute approximate surface area is 143 Å². The number of carbonyl (C=O) groups excluding carboxylic acids is 1. The summed E-state index contributed by atoms with van der Waals surface area (Å²) in [6.07, 6.45) is 1.03. The predicted molar refractivity (Wildman–Crippen MR) is 95.9 cm³/mol. The molecule has 0 saturated carbocycles. The summed E-state index contributed by atoms with van der Waals surface area (Å²) in [4.78, 5) is 14.7. The summed E-state index contributed by atoms with van der Waals surface area (Å²) in [7, 11) is 0. The van der Waals surface area contributed by atoms with Gasteiger partial charge in [0.05, 0.1) is 0 Å². The summed E-state index contributed by atoms with van der Waals surface area (Å²) in [6, 6.07) is 18.3. The average Bonchev–Trinajstić information content (AvgIpc) is 2.96. The van der Waals surface area contributed by atoms with Crippen LogP contribution in [0.5, 0.6) is 0 Å². The van der Waals surface area contributed by atoms with Gasteiger partial charge in [0.25, 0.3) is 5.91 Å². The molecule has 1 heterocycles. The summed E-state index contributed by atoms with van der Waals surface area (Å²) in [5.74, 6) is 0.544. The highest BCUT2D eigenvalue weighted by molar-refractivity contribution is 5.94. The maximum Gasteiger partial charge on any atom is 0.254 e. The van der Waals surface area contributed by atoms with Crippen LogP contribution in [0, 0.1) is 0 Å². The summed E-state index contributed by atoms with van der Waals surface area (Å²) >= 11 is 0. The van der Waals surface area contributed by atoms with Crippen molar-refractivity contribution in [2.75, 3.05) is 6.54 Å². The summed E-state index contributed by atoms with van der Waals surface area (Å²) < 4.78 is 0. The van der Waals surface area contributed by atoms with E-state index in [0.717, 1.165) is 24.1 Å². The van der Waals surface area contributed by atoms with Crippen molar-refractivity contribution in [1.82, 2.24) is 4.90 Å². The van der Waals surface area contributed by atoms with Gasteiger partial charge in [-0.2, -0.15) is 0 Å². The van der Waals surface area contributed by atoms with Crippen LogP contribution in [0.15, 0.2) is 54.6 Å². The van der Waals surface area contributed by atoms with Gasteiger partial charge in [0.1, 0.15) is 0 Å². The minimum atomic E-state index is 0. The molecule has 3 nitrogen and oxygen atoms in total. The van der Waals surface area contributed by atoms with Gasteiger partial charge in [0, 0.05) is 30.6 Å². The number of halogens is 1. The number of carbonyl (C=O) groups is 1. The fourth-order valence-corrected chi connectivity index (χ4v) is 3.32. The minimum absolute atomic E-state index is 0. The Hall–Kier alpha value is -1.84. The van der Waals surface area contributed by atoms with Crippen molar-refractivity contribution in [3.8, 4) is 0 Å². The Morgan fingerprint density at radius 2 is 1.78 bits per heavy atom. The van der Waals surface area contributed by atoms with Crippen molar-refractivity contribution in [3.05, 3.63) is 71.3 Å². The van der Waals surface area contributed by atoms with Gasteiger partial charge >= 0.3 is 0 Å². The summed E-state index contributed by atoms with van der Waals surface area (Å²) in [6.45, 7) is 3.47. The van der Waals surface area contributed by atoms with Crippen molar-refractivity contribution in [2.45, 2.75) is 31.8 Å². The molecule has 122 valence electrons. The van der Waals surface area contributed by atoms with E-state index in [0.29, 0.717) is 12.5 Å². The molecule has 3 rings (SSSR count). The van der Waals surface area contributed by atoms with Gasteiger partial charge in [-0.05, 0) is 36.6 Å². The molecular weight excluding hydrogens is 308 g/mol. The molecule has 2 N–H and O–H groups in total. The number of hydrogen-bond acceptors (Lipinski definition) is 2. The molecule has 4 heteroatoms. The van der Waals surface area contributed by atoms with Crippen LogP contribution in [-0.4, -0.2) is 23.4 Å². The van der Waals surface area contributed by atoms with E-state index in [1.165, 1.54) is 5.56 Å². The minimum Gasteiger partial charge on any atom is -0.335 e. The van der Waals surface area contributed by atoms with Gasteiger partial charge in [-0.1, -0.05) is 42.5 Å². The van der Waals surface area contributed by atoms with Crippen molar-refractivity contribution in [1.29, 1.82) is 0 Å². The lowest BCUT2D eigenvalue weighted by molar-refractivity contribution is 0.0742. The van der Waals surface area contributed by atoms with Crippen LogP contribution in [-0.2, 0) is 6.54 Å². The summed E-state index contributed by atoms with van der Waals surface area (Å²) in [5.41, 5.74) is 8.73. The van der Waals surface area contributed by atoms with Gasteiger partial charge in [0.2, 0.25) is 0 Å². The van der Waals surface area contributed by atoms with Crippen LogP contribution in [0.1, 0.15) is 40.7 Å². The second kappa shape index (κ2) is 7.62. The first-order valence-corrected chi connectivity index (χ1v) is 7.85. The number of hydrogen-bond donors (Lipinski definition) is 1. The van der Waals surface area contributed by atoms with E-state index in [9.17, 15) is 4.79 Å². The van der Waals surface area contributed by atoms with Crippen LogP contribution in [0.25, 0.3) is 0 Å². The number of nitrogens with two attached hydrogens (primary N) is 1. The smallest absolute Gasteiger partial charge is 0.254 e. The van der Waals surface area contributed by atoms with Crippen molar-refractivity contribution in [2.24, 2.45) is 5.73 Å². The summed E-state index contributed by atoms with van der Waals surface area (Å²) in [5, 5.41) is 0. The fourth-order valence-electron chi connectivity index (χ4n) is 3.32. The molecular formula is C19H23ClN2O. The van der Waals surface area contributed by atoms with E-state index < -0.39 is 0 Å². The largest absolute Gasteiger partial charge is 0.335 e. The van der Waals surface area contributed by atoms with E-state index in [1.807, 2.05) is 35.2 Å². The quantitative estimate of drug-likeness (QED) is 0.935. The van der Waals surface area contributed by atoms with Gasteiger partial charge < -0.3 is 10.6 Å². The molecule has 0 aliphatic carbocycles. The van der Waals surface area contributed by atoms with Gasteiger partial charge in [-0.3, -0.25) is 4.79 Å². The zero-order chi connectivity index (χ0) is 15.5. The molecule has 2 aromatic carbocycles. The van der Waals surface area contributed by atoms with E-state index in [1.54, 1.807) is 0 Å². The second-order valence-electron chi connectivity index (χ2n) is 5.95. The molecule has 2 atom stereocenters. The molecule has 1 amide bonds. The van der Waals surface area contributed by atoms with Crippen LogP contribution in [0.4, 0.5) is 0 Å². The van der Waals surface area contributed by atoms with Crippen molar-refractivity contribution >= 4 is 18.3 Å². The second-order valence-corrected chi connectivity index (χ2v) is 5.95. The zero-order valence-corrected chi connectivity index (χ0v) is 14.1. The maximum absolute atomic E-state index is 12.7. The standard InChI is InChI=1S/C19H22N2O.ClH/c1-14-18(16-5-3-2-4-6-16)11-12-21(14)19(22)17-9-7-15(13-20)8-10-17;/h2-10,14,18H,11-13,20H2,1H3;1H. The third kappa shape index (κ3) is 3.57. The molecule has 1 fully saturated rings. The molecule has 1 aliphatic heterocycles. The molecule has 0 aromatic heterocycles. The highest BCUT2D eigenvalue weighted by Crippen LogP contribution is 2.34. The number of amides is 1. The Kier molecular flexibility index (Phi) is 5.80. The molecule has 0 radical (unpaired) electrons. The van der Waals surface area contributed by atoms with Crippen molar-refractivity contribution in [3.63, 3.8) is 0 Å². The monoisotopic (exact) mass is 330 g/mol. The number of likely N-dealkylation sites (tertiary alicyclic amines) is 1. The maximum atomic E-state index is 12.7. The van der Waals surface area contributed by atoms with E-state index in [-0.39, 0.29) is 24.4 Å². The van der Waals surface area contributed by atoms with Gasteiger partial charge in [0.15, 0.2) is 0 Å². The predicted octanol–water partition coefficient (Wildman–Crippen LogP) is 3.59. The third-order valence-corrected chi connectivity index (χ3v) is 4.68. The lowest BCUT2D eigenvalue weighted by atomic mass is 9.93.